The first-order valence-electron chi connectivity index (χ1n) is 16.9. The Bertz CT molecular complexity index is 833. The molecule has 2 heterocycles. The molecular formula is C34H61N3O5. The fourth-order valence-corrected chi connectivity index (χ4v) is 5.58. The van der Waals surface area contributed by atoms with Crippen LogP contribution in [-0.2, 0) is 23.9 Å². The molecule has 2 saturated heterocycles. The first-order valence-corrected chi connectivity index (χ1v) is 16.9. The molecule has 2 aliphatic heterocycles. The van der Waals surface area contributed by atoms with E-state index in [1.807, 2.05) is 18.7 Å². The van der Waals surface area contributed by atoms with Gasteiger partial charge < -0.3 is 24.6 Å². The SMILES string of the molecule is CCCCCCCC/C=C/CCCCCCCC(=O)N1CCN(C(=O)CCNC(=O)C2OC(C)(C)OCC2(C)C)CC1. The molecule has 8 nitrogen and oxygen atoms in total. The Morgan fingerprint density at radius 3 is 1.81 bits per heavy atom. The van der Waals surface area contributed by atoms with Gasteiger partial charge in [-0.25, -0.2) is 0 Å². The van der Waals surface area contributed by atoms with E-state index in [-0.39, 0.29) is 30.7 Å². The van der Waals surface area contributed by atoms with Gasteiger partial charge in [0.1, 0.15) is 6.10 Å². The van der Waals surface area contributed by atoms with Crippen LogP contribution in [0.4, 0.5) is 0 Å². The van der Waals surface area contributed by atoms with Crippen molar-refractivity contribution in [3.8, 4) is 0 Å². The summed E-state index contributed by atoms with van der Waals surface area (Å²) in [7, 11) is 0. The van der Waals surface area contributed by atoms with Gasteiger partial charge in [-0.1, -0.05) is 84.3 Å². The Balaban J connectivity index is 1.48. The van der Waals surface area contributed by atoms with Gasteiger partial charge in [0.15, 0.2) is 5.79 Å². The first kappa shape index (κ1) is 36.3. The van der Waals surface area contributed by atoms with Crippen LogP contribution in [0.5, 0.6) is 0 Å². The van der Waals surface area contributed by atoms with Crippen LogP contribution >= 0.6 is 0 Å². The lowest BCUT2D eigenvalue weighted by molar-refractivity contribution is -0.304. The minimum Gasteiger partial charge on any atom is -0.353 e. The molecule has 0 aromatic heterocycles. The predicted octanol–water partition coefficient (Wildman–Crippen LogP) is 6.38. The Morgan fingerprint density at radius 2 is 1.24 bits per heavy atom. The van der Waals surface area contributed by atoms with Crippen molar-refractivity contribution in [3.05, 3.63) is 12.2 Å². The van der Waals surface area contributed by atoms with Crippen molar-refractivity contribution < 1.29 is 23.9 Å². The van der Waals surface area contributed by atoms with E-state index in [9.17, 15) is 14.4 Å². The highest BCUT2D eigenvalue weighted by Crippen LogP contribution is 2.34. The maximum atomic E-state index is 12.8. The van der Waals surface area contributed by atoms with Gasteiger partial charge in [-0.3, -0.25) is 14.4 Å². The zero-order chi connectivity index (χ0) is 30.8. The van der Waals surface area contributed by atoms with Gasteiger partial charge in [0, 0.05) is 51.0 Å². The van der Waals surface area contributed by atoms with Crippen molar-refractivity contribution >= 4 is 17.7 Å². The highest BCUT2D eigenvalue weighted by atomic mass is 16.7. The standard InChI is InChI=1S/C34H61N3O5/c1-6-7-8-9-10-11-12-13-14-15-16-17-18-19-20-21-29(38)36-24-26-37(27-25-36)30(39)22-23-35-32(40)31-33(2,3)28-41-34(4,5)42-31/h13-14,31H,6-12,15-28H2,1-5H3,(H,35,40)/b14-13+. The molecule has 0 aliphatic carbocycles. The van der Waals surface area contributed by atoms with Crippen molar-refractivity contribution in [3.63, 3.8) is 0 Å². The van der Waals surface area contributed by atoms with Crippen LogP contribution in [0.15, 0.2) is 12.2 Å². The summed E-state index contributed by atoms with van der Waals surface area (Å²) in [5, 5.41) is 2.87. The topological polar surface area (TPSA) is 88.2 Å². The summed E-state index contributed by atoms with van der Waals surface area (Å²) in [6.45, 7) is 12.7. The number of hydrogen-bond donors (Lipinski definition) is 1. The molecule has 1 atom stereocenters. The average Bonchev–Trinajstić information content (AvgIpc) is 2.96. The molecule has 42 heavy (non-hydrogen) atoms. The second kappa shape index (κ2) is 19.4. The summed E-state index contributed by atoms with van der Waals surface area (Å²) in [6.07, 6.45) is 21.1. The molecule has 0 bridgehead atoms. The van der Waals surface area contributed by atoms with E-state index < -0.39 is 17.3 Å². The van der Waals surface area contributed by atoms with Crippen LogP contribution in [0.2, 0.25) is 0 Å². The van der Waals surface area contributed by atoms with Gasteiger partial charge in [0.2, 0.25) is 17.7 Å². The summed E-state index contributed by atoms with van der Waals surface area (Å²) in [5.74, 6) is -0.814. The molecule has 2 fully saturated rings. The Kier molecular flexibility index (Phi) is 16.7. The number of carbonyl (C=O) groups excluding carboxylic acids is 3. The molecule has 0 radical (unpaired) electrons. The molecule has 0 aromatic carbocycles. The summed E-state index contributed by atoms with van der Waals surface area (Å²) in [5.41, 5.74) is -0.448. The number of amides is 3. The van der Waals surface area contributed by atoms with Gasteiger partial charge >= 0.3 is 0 Å². The zero-order valence-corrected chi connectivity index (χ0v) is 27.5. The molecule has 1 unspecified atom stereocenters. The van der Waals surface area contributed by atoms with Crippen molar-refractivity contribution in [1.29, 1.82) is 0 Å². The number of allylic oxidation sites excluding steroid dienone is 2. The van der Waals surface area contributed by atoms with Crippen LogP contribution < -0.4 is 5.32 Å². The van der Waals surface area contributed by atoms with Crippen LogP contribution in [0.3, 0.4) is 0 Å². The zero-order valence-electron chi connectivity index (χ0n) is 27.5. The van der Waals surface area contributed by atoms with Crippen molar-refractivity contribution in [2.24, 2.45) is 5.41 Å². The lowest BCUT2D eigenvalue weighted by atomic mass is 9.85. The third-order valence-corrected chi connectivity index (χ3v) is 8.42. The largest absolute Gasteiger partial charge is 0.353 e. The molecule has 1 N–H and O–H groups in total. The van der Waals surface area contributed by atoms with Crippen molar-refractivity contribution in [1.82, 2.24) is 15.1 Å². The van der Waals surface area contributed by atoms with E-state index >= 15 is 0 Å². The van der Waals surface area contributed by atoms with E-state index in [0.717, 1.165) is 12.8 Å². The van der Waals surface area contributed by atoms with Gasteiger partial charge in [-0.05, 0) is 46.0 Å². The number of piperazine rings is 1. The highest BCUT2D eigenvalue weighted by molar-refractivity contribution is 5.83. The van der Waals surface area contributed by atoms with E-state index in [1.54, 1.807) is 18.7 Å². The average molecular weight is 592 g/mol. The van der Waals surface area contributed by atoms with Crippen LogP contribution in [-0.4, -0.2) is 78.7 Å². The van der Waals surface area contributed by atoms with E-state index in [2.05, 4.69) is 24.4 Å². The van der Waals surface area contributed by atoms with Gasteiger partial charge in [-0.15, -0.1) is 0 Å². The molecule has 242 valence electrons. The molecule has 0 saturated carbocycles. The highest BCUT2D eigenvalue weighted by Gasteiger charge is 2.45. The number of nitrogens with one attached hydrogen (secondary N) is 1. The van der Waals surface area contributed by atoms with Crippen molar-refractivity contribution in [2.45, 2.75) is 143 Å². The second-order valence-electron chi connectivity index (χ2n) is 13.3. The number of carbonyl (C=O) groups is 3. The quantitative estimate of drug-likeness (QED) is 0.139. The first-order chi connectivity index (χ1) is 20.1. The van der Waals surface area contributed by atoms with Gasteiger partial charge in [-0.2, -0.15) is 0 Å². The monoisotopic (exact) mass is 591 g/mol. The summed E-state index contributed by atoms with van der Waals surface area (Å²) in [4.78, 5) is 41.8. The molecule has 2 rings (SSSR count). The number of rotatable bonds is 19. The Hall–Kier alpha value is -1.93. The lowest BCUT2D eigenvalue weighted by Crippen LogP contribution is -2.56. The fraction of sp³-hybridized carbons (Fsp3) is 0.853. The van der Waals surface area contributed by atoms with E-state index in [0.29, 0.717) is 39.2 Å². The third kappa shape index (κ3) is 14.0. The number of nitrogens with zero attached hydrogens (tertiary/aromatic N) is 2. The maximum Gasteiger partial charge on any atom is 0.249 e. The fourth-order valence-electron chi connectivity index (χ4n) is 5.58. The van der Waals surface area contributed by atoms with Gasteiger partial charge in [0.25, 0.3) is 0 Å². The molecule has 0 spiro atoms. The number of ether oxygens (including phenoxy) is 2. The Morgan fingerprint density at radius 1 is 0.738 bits per heavy atom. The third-order valence-electron chi connectivity index (χ3n) is 8.42. The van der Waals surface area contributed by atoms with Gasteiger partial charge in [0.05, 0.1) is 6.61 Å². The van der Waals surface area contributed by atoms with E-state index in [4.69, 9.17) is 9.47 Å². The molecule has 8 heteroatoms. The molecular weight excluding hydrogens is 530 g/mol. The van der Waals surface area contributed by atoms with Crippen LogP contribution in [0.1, 0.15) is 131 Å². The lowest BCUT2D eigenvalue weighted by Gasteiger charge is -2.44. The predicted molar refractivity (Wildman–Crippen MR) is 169 cm³/mol. The Labute approximate surface area is 256 Å². The molecule has 0 aromatic rings. The van der Waals surface area contributed by atoms with Crippen LogP contribution in [0.25, 0.3) is 0 Å². The molecule has 2 aliphatic rings. The number of unbranched alkanes of at least 4 members (excludes halogenated alkanes) is 11. The number of hydrogen-bond acceptors (Lipinski definition) is 5. The van der Waals surface area contributed by atoms with Crippen molar-refractivity contribution in [2.75, 3.05) is 39.3 Å². The van der Waals surface area contributed by atoms with Crippen LogP contribution in [0, 0.1) is 5.41 Å². The summed E-state index contributed by atoms with van der Waals surface area (Å²) >= 11 is 0. The normalized spacial score (nSPS) is 20.2. The van der Waals surface area contributed by atoms with E-state index in [1.165, 1.54) is 70.6 Å². The maximum absolute atomic E-state index is 12.8. The second-order valence-corrected chi connectivity index (χ2v) is 13.3. The summed E-state index contributed by atoms with van der Waals surface area (Å²) in [6, 6.07) is 0. The minimum absolute atomic E-state index is 0.00661. The smallest absolute Gasteiger partial charge is 0.249 e. The minimum atomic E-state index is -0.811. The summed E-state index contributed by atoms with van der Waals surface area (Å²) < 4.78 is 11.6. The molecule has 3 amide bonds.